The summed E-state index contributed by atoms with van der Waals surface area (Å²) in [6, 6.07) is 9.00. The van der Waals surface area contributed by atoms with E-state index in [4.69, 9.17) is 4.74 Å². The summed E-state index contributed by atoms with van der Waals surface area (Å²) in [5, 5.41) is 3.58. The van der Waals surface area contributed by atoms with Gasteiger partial charge in [-0.15, -0.1) is 0 Å². The van der Waals surface area contributed by atoms with Crippen LogP contribution in [0.4, 0.5) is 0 Å². The molecule has 0 aromatic heterocycles. The van der Waals surface area contributed by atoms with Crippen LogP contribution in [0.5, 0.6) is 5.75 Å². The van der Waals surface area contributed by atoms with E-state index in [-0.39, 0.29) is 0 Å². The average molecular weight is 233 g/mol. The van der Waals surface area contributed by atoms with E-state index < -0.39 is 0 Å². The van der Waals surface area contributed by atoms with Crippen molar-refractivity contribution >= 4 is 0 Å². The third-order valence-corrected chi connectivity index (χ3v) is 3.14. The van der Waals surface area contributed by atoms with Crippen molar-refractivity contribution in [3.05, 3.63) is 29.8 Å². The summed E-state index contributed by atoms with van der Waals surface area (Å²) in [5.74, 6) is 1.03. The fourth-order valence-corrected chi connectivity index (χ4v) is 2.00. The first-order chi connectivity index (χ1) is 8.33. The Kier molecular flexibility index (Phi) is 4.43. The molecule has 17 heavy (non-hydrogen) atoms. The highest BCUT2D eigenvalue weighted by molar-refractivity contribution is 5.31. The second-order valence-corrected chi connectivity index (χ2v) is 4.80. The Morgan fingerprint density at radius 2 is 2.18 bits per heavy atom. The molecule has 0 radical (unpaired) electrons. The van der Waals surface area contributed by atoms with Crippen LogP contribution in [0.1, 0.15) is 51.1 Å². The lowest BCUT2D eigenvalue weighted by Gasteiger charge is -2.18. The minimum Gasteiger partial charge on any atom is -0.490 e. The molecule has 1 aromatic rings. The summed E-state index contributed by atoms with van der Waals surface area (Å²) in [5.41, 5.74) is 1.35. The Hall–Kier alpha value is -1.02. The molecule has 1 aromatic carbocycles. The second-order valence-electron chi connectivity index (χ2n) is 4.80. The predicted molar refractivity (Wildman–Crippen MR) is 71.4 cm³/mol. The molecule has 2 heteroatoms. The standard InChI is InChI=1S/C15H23NO/c1-3-10-16-15(4-2)12-6-5-7-14(11-12)17-13-8-9-13/h5-7,11,13,15-16H,3-4,8-10H2,1-2H3. The fourth-order valence-electron chi connectivity index (χ4n) is 2.00. The maximum absolute atomic E-state index is 5.84. The molecule has 0 spiro atoms. The van der Waals surface area contributed by atoms with Crippen LogP contribution in [0, 0.1) is 0 Å². The van der Waals surface area contributed by atoms with Crippen molar-refractivity contribution in [1.82, 2.24) is 5.32 Å². The normalized spacial score (nSPS) is 16.8. The molecule has 0 heterocycles. The molecule has 1 fully saturated rings. The van der Waals surface area contributed by atoms with Gasteiger partial charge < -0.3 is 10.1 Å². The van der Waals surface area contributed by atoms with Gasteiger partial charge in [0.05, 0.1) is 6.10 Å². The molecule has 2 nitrogen and oxygen atoms in total. The number of hydrogen-bond acceptors (Lipinski definition) is 2. The zero-order valence-electron chi connectivity index (χ0n) is 10.9. The van der Waals surface area contributed by atoms with Gasteiger partial charge in [0.15, 0.2) is 0 Å². The Morgan fingerprint density at radius 3 is 2.82 bits per heavy atom. The van der Waals surface area contributed by atoms with Gasteiger partial charge in [-0.3, -0.25) is 0 Å². The van der Waals surface area contributed by atoms with Gasteiger partial charge in [-0.1, -0.05) is 26.0 Å². The first-order valence-corrected chi connectivity index (χ1v) is 6.83. The molecule has 94 valence electrons. The van der Waals surface area contributed by atoms with Crippen molar-refractivity contribution in [2.45, 2.75) is 51.7 Å². The van der Waals surface area contributed by atoms with Gasteiger partial charge in [-0.2, -0.15) is 0 Å². The molecule has 0 amide bonds. The van der Waals surface area contributed by atoms with Crippen LogP contribution in [0.3, 0.4) is 0 Å². The van der Waals surface area contributed by atoms with E-state index >= 15 is 0 Å². The van der Waals surface area contributed by atoms with E-state index in [9.17, 15) is 0 Å². The van der Waals surface area contributed by atoms with E-state index in [1.165, 1.54) is 24.8 Å². The van der Waals surface area contributed by atoms with E-state index in [0.29, 0.717) is 12.1 Å². The van der Waals surface area contributed by atoms with Crippen molar-refractivity contribution in [2.24, 2.45) is 0 Å². The molecule has 0 aliphatic heterocycles. The number of rotatable bonds is 7. The maximum atomic E-state index is 5.84. The number of hydrogen-bond donors (Lipinski definition) is 1. The molecular weight excluding hydrogens is 210 g/mol. The van der Waals surface area contributed by atoms with E-state index in [1.807, 2.05) is 0 Å². The van der Waals surface area contributed by atoms with Crippen LogP contribution in [-0.2, 0) is 0 Å². The van der Waals surface area contributed by atoms with Crippen LogP contribution in [0.15, 0.2) is 24.3 Å². The minimum atomic E-state index is 0.456. The zero-order valence-corrected chi connectivity index (χ0v) is 10.9. The predicted octanol–water partition coefficient (Wildman–Crippen LogP) is 3.68. The quantitative estimate of drug-likeness (QED) is 0.775. The summed E-state index contributed by atoms with van der Waals surface area (Å²) >= 11 is 0. The van der Waals surface area contributed by atoms with Crippen molar-refractivity contribution in [3.63, 3.8) is 0 Å². The molecule has 1 aliphatic rings. The Bertz CT molecular complexity index is 347. The fraction of sp³-hybridized carbons (Fsp3) is 0.600. The van der Waals surface area contributed by atoms with Gasteiger partial charge in [-0.05, 0) is 49.9 Å². The summed E-state index contributed by atoms with van der Waals surface area (Å²) in [7, 11) is 0. The van der Waals surface area contributed by atoms with Gasteiger partial charge >= 0.3 is 0 Å². The van der Waals surface area contributed by atoms with Crippen LogP contribution >= 0.6 is 0 Å². The highest BCUT2D eigenvalue weighted by Gasteiger charge is 2.23. The average Bonchev–Trinajstić information content (AvgIpc) is 3.15. The lowest BCUT2D eigenvalue weighted by Crippen LogP contribution is -2.21. The molecule has 0 saturated heterocycles. The van der Waals surface area contributed by atoms with Gasteiger partial charge in [0, 0.05) is 6.04 Å². The van der Waals surface area contributed by atoms with E-state index in [0.717, 1.165) is 18.7 Å². The van der Waals surface area contributed by atoms with Crippen molar-refractivity contribution in [3.8, 4) is 5.75 Å². The maximum Gasteiger partial charge on any atom is 0.120 e. The Labute approximate surface area is 104 Å². The lowest BCUT2D eigenvalue weighted by molar-refractivity contribution is 0.302. The molecular formula is C15H23NO. The van der Waals surface area contributed by atoms with Crippen molar-refractivity contribution in [2.75, 3.05) is 6.54 Å². The van der Waals surface area contributed by atoms with Crippen LogP contribution < -0.4 is 10.1 Å². The van der Waals surface area contributed by atoms with Crippen LogP contribution in [-0.4, -0.2) is 12.6 Å². The topological polar surface area (TPSA) is 21.3 Å². The minimum absolute atomic E-state index is 0.456. The zero-order chi connectivity index (χ0) is 12.1. The molecule has 1 atom stereocenters. The Balaban J connectivity index is 2.01. The summed E-state index contributed by atoms with van der Waals surface area (Å²) < 4.78 is 5.84. The van der Waals surface area contributed by atoms with Gasteiger partial charge in [0.1, 0.15) is 5.75 Å². The number of nitrogens with one attached hydrogen (secondary N) is 1. The van der Waals surface area contributed by atoms with Crippen LogP contribution in [0.25, 0.3) is 0 Å². The summed E-state index contributed by atoms with van der Waals surface area (Å²) in [6.07, 6.45) is 5.21. The van der Waals surface area contributed by atoms with Gasteiger partial charge in [0.25, 0.3) is 0 Å². The van der Waals surface area contributed by atoms with Gasteiger partial charge in [0.2, 0.25) is 0 Å². The van der Waals surface area contributed by atoms with Gasteiger partial charge in [-0.25, -0.2) is 0 Å². The SMILES string of the molecule is CCCNC(CC)c1cccc(OC2CC2)c1. The second kappa shape index (κ2) is 6.06. The lowest BCUT2D eigenvalue weighted by atomic mass is 10.0. The summed E-state index contributed by atoms with van der Waals surface area (Å²) in [6.45, 7) is 5.50. The first-order valence-electron chi connectivity index (χ1n) is 6.83. The largest absolute Gasteiger partial charge is 0.490 e. The third kappa shape index (κ3) is 3.74. The molecule has 2 rings (SSSR count). The molecule has 0 bridgehead atoms. The highest BCUT2D eigenvalue weighted by Crippen LogP contribution is 2.28. The van der Waals surface area contributed by atoms with E-state index in [1.54, 1.807) is 0 Å². The number of benzene rings is 1. The van der Waals surface area contributed by atoms with Crippen LogP contribution in [0.2, 0.25) is 0 Å². The monoisotopic (exact) mass is 233 g/mol. The summed E-state index contributed by atoms with van der Waals surface area (Å²) in [4.78, 5) is 0. The molecule has 1 unspecified atom stereocenters. The molecule has 1 aliphatic carbocycles. The van der Waals surface area contributed by atoms with Crippen molar-refractivity contribution < 1.29 is 4.74 Å². The Morgan fingerprint density at radius 1 is 1.35 bits per heavy atom. The third-order valence-electron chi connectivity index (χ3n) is 3.14. The van der Waals surface area contributed by atoms with Crippen molar-refractivity contribution in [1.29, 1.82) is 0 Å². The molecule has 1 N–H and O–H groups in total. The highest BCUT2D eigenvalue weighted by atomic mass is 16.5. The smallest absolute Gasteiger partial charge is 0.120 e. The van der Waals surface area contributed by atoms with E-state index in [2.05, 4.69) is 43.4 Å². The number of ether oxygens (including phenoxy) is 1. The molecule has 1 saturated carbocycles. The first kappa shape index (κ1) is 12.4.